The van der Waals surface area contributed by atoms with Crippen LogP contribution in [0.3, 0.4) is 0 Å². The molecule has 90 heavy (non-hydrogen) atoms. The van der Waals surface area contributed by atoms with Crippen molar-refractivity contribution in [3.63, 3.8) is 0 Å². The van der Waals surface area contributed by atoms with E-state index in [9.17, 15) is 0 Å². The van der Waals surface area contributed by atoms with Crippen molar-refractivity contribution in [2.75, 3.05) is 0 Å². The summed E-state index contributed by atoms with van der Waals surface area (Å²) in [5, 5.41) is 14.7. The summed E-state index contributed by atoms with van der Waals surface area (Å²) in [6.07, 6.45) is 9.98. The molecule has 7 aromatic heterocycles. The van der Waals surface area contributed by atoms with Crippen molar-refractivity contribution in [2.45, 2.75) is 12.3 Å². The summed E-state index contributed by atoms with van der Waals surface area (Å²) in [4.78, 5) is 11.5. The molecule has 0 radical (unpaired) electrons. The molecule has 19 aromatic rings. The number of thiophene rings is 3. The highest BCUT2D eigenvalue weighted by molar-refractivity contribution is 7.26. The maximum Gasteiger partial charge on any atom is 0.235 e. The van der Waals surface area contributed by atoms with Crippen molar-refractivity contribution >= 4 is 160 Å². The number of benzene rings is 12. The van der Waals surface area contributed by atoms with Crippen molar-refractivity contribution < 1.29 is 0 Å². The maximum atomic E-state index is 5.73. The molecular weight excluding hydrogens is 1150 g/mol. The summed E-state index contributed by atoms with van der Waals surface area (Å²) in [5.74, 6) is 0.979. The largest absolute Gasteiger partial charge is 0.309 e. The number of hydrogen-bond acceptors (Lipinski definition) is 5. The molecule has 0 N–H and O–H groups in total. The van der Waals surface area contributed by atoms with Crippen LogP contribution in [0.5, 0.6) is 0 Å². The summed E-state index contributed by atoms with van der Waals surface area (Å²) in [7, 11) is 0. The van der Waals surface area contributed by atoms with Gasteiger partial charge in [0, 0.05) is 111 Å². The highest BCUT2D eigenvalue weighted by Gasteiger charge is 2.26. The lowest BCUT2D eigenvalue weighted by molar-refractivity contribution is 0.855. The zero-order valence-electron chi connectivity index (χ0n) is 48.3. The first kappa shape index (κ1) is 50.3. The lowest BCUT2D eigenvalue weighted by atomic mass is 9.91. The predicted octanol–water partition coefficient (Wildman–Crippen LogP) is 23.5. The second-order valence-corrected chi connectivity index (χ2v) is 27.1. The van der Waals surface area contributed by atoms with Crippen LogP contribution in [0.25, 0.3) is 177 Å². The molecule has 0 saturated carbocycles. The van der Waals surface area contributed by atoms with Crippen LogP contribution in [-0.2, 0) is 0 Å². The number of aromatic nitrogens is 5. The van der Waals surface area contributed by atoms with Gasteiger partial charge in [-0.1, -0.05) is 170 Å². The Hall–Kier alpha value is -10.7. The molecule has 0 fully saturated rings. The standard InChI is InChI=1S/C82H49N5S3/c1-3-16-48(17-4-1)49-30-37-71-62(42-49)63-43-50(31-38-72(63)85(71)54-18-5-2-6-19-54)51-32-39-78-66(44-51)61-24-15-27-73(81(61)90-78)86-69-25-11-7-20-55(69)59-35-36-60-56-21-8-12-26-70(56)87(80(60)79(59)86)82-83-67(52-33-40-76-64(45-52)57-22-9-13-28-74(57)88-76)47-68(84-82)53-34-41-77-65(46-53)58-23-10-14-29-75(58)89-77/h1-16,18-48H,17H2. The van der Waals surface area contributed by atoms with Crippen LogP contribution in [0.2, 0.25) is 0 Å². The molecule has 0 bridgehead atoms. The molecule has 0 spiro atoms. The lowest BCUT2D eigenvalue weighted by Crippen LogP contribution is -2.05. The molecule has 0 amide bonds. The monoisotopic (exact) mass is 1200 g/mol. The average Bonchev–Trinajstić information content (AvgIpc) is 1.55. The summed E-state index contributed by atoms with van der Waals surface area (Å²) in [6.45, 7) is 0. The van der Waals surface area contributed by atoms with E-state index in [0.717, 1.165) is 73.1 Å². The highest BCUT2D eigenvalue weighted by atomic mass is 32.1. The number of allylic oxidation sites excluding steroid dienone is 4. The Kier molecular flexibility index (Phi) is 10.8. The Morgan fingerprint density at radius 2 is 0.822 bits per heavy atom. The summed E-state index contributed by atoms with van der Waals surface area (Å²) in [5.41, 5.74) is 16.7. The molecule has 12 aromatic carbocycles. The van der Waals surface area contributed by atoms with E-state index in [1.807, 2.05) is 34.0 Å². The molecule has 420 valence electrons. The lowest BCUT2D eigenvalue weighted by Gasteiger charge is -2.14. The van der Waals surface area contributed by atoms with Crippen molar-refractivity contribution in [3.05, 3.63) is 285 Å². The zero-order chi connectivity index (χ0) is 58.7. The fourth-order valence-corrected chi connectivity index (χ4v) is 18.2. The van der Waals surface area contributed by atoms with E-state index in [-0.39, 0.29) is 0 Å². The second kappa shape index (κ2) is 19.4. The topological polar surface area (TPSA) is 40.6 Å². The van der Waals surface area contributed by atoms with Crippen molar-refractivity contribution in [2.24, 2.45) is 0 Å². The fourth-order valence-electron chi connectivity index (χ4n) is 14.8. The zero-order valence-corrected chi connectivity index (χ0v) is 50.8. The maximum absolute atomic E-state index is 5.73. The molecule has 5 nitrogen and oxygen atoms in total. The van der Waals surface area contributed by atoms with E-state index < -0.39 is 0 Å². The molecule has 0 saturated heterocycles. The van der Waals surface area contributed by atoms with Gasteiger partial charge in [0.05, 0.1) is 54.9 Å². The van der Waals surface area contributed by atoms with E-state index in [0.29, 0.717) is 11.9 Å². The Labute approximate surface area is 527 Å². The highest BCUT2D eigenvalue weighted by Crippen LogP contribution is 2.47. The average molecular weight is 1200 g/mol. The number of fused-ring (bicyclic) bond motifs is 19. The first-order chi connectivity index (χ1) is 44.6. The van der Waals surface area contributed by atoms with Crippen LogP contribution in [0.15, 0.2) is 279 Å². The van der Waals surface area contributed by atoms with Crippen LogP contribution in [0.1, 0.15) is 17.9 Å². The van der Waals surface area contributed by atoms with Crippen molar-refractivity contribution in [1.29, 1.82) is 0 Å². The van der Waals surface area contributed by atoms with Gasteiger partial charge in [-0.2, -0.15) is 0 Å². The van der Waals surface area contributed by atoms with Gasteiger partial charge in [-0.15, -0.1) is 34.0 Å². The second-order valence-electron chi connectivity index (χ2n) is 23.9. The van der Waals surface area contributed by atoms with E-state index in [2.05, 4.69) is 293 Å². The first-order valence-electron chi connectivity index (χ1n) is 30.7. The van der Waals surface area contributed by atoms with Crippen LogP contribution < -0.4 is 0 Å². The SMILES string of the molecule is C1=CCC(c2ccc3c(c2)c2cc(-c4ccc5sc6c(-n7c8ccccc8c8ccc9c%10ccccc%10n(-c%10nc(-c%11ccc%12sc%13ccccc%13c%12c%11)cc(-c%11ccc%12sc%13ccccc%13c%12c%11)n%10)c9c87)cccc6c5c4)ccc2n3-c2ccccc2)C=C1. The van der Waals surface area contributed by atoms with E-state index in [1.54, 1.807) is 0 Å². The van der Waals surface area contributed by atoms with Crippen LogP contribution >= 0.6 is 34.0 Å². The molecule has 1 aliphatic rings. The van der Waals surface area contributed by atoms with Gasteiger partial charge in [0.15, 0.2) is 0 Å². The minimum atomic E-state index is 0.356. The molecule has 1 atom stereocenters. The Morgan fingerprint density at radius 1 is 0.322 bits per heavy atom. The third kappa shape index (κ3) is 7.47. The summed E-state index contributed by atoms with van der Waals surface area (Å²) < 4.78 is 14.9. The summed E-state index contributed by atoms with van der Waals surface area (Å²) in [6, 6.07) is 94.8. The molecule has 8 heteroatoms. The fraction of sp³-hybridized carbons (Fsp3) is 0.0244. The van der Waals surface area contributed by atoms with Gasteiger partial charge in [-0.25, -0.2) is 9.97 Å². The molecule has 20 rings (SSSR count). The molecule has 1 aliphatic carbocycles. The molecule has 7 heterocycles. The third-order valence-corrected chi connectivity index (χ3v) is 22.5. The number of nitrogens with zero attached hydrogens (tertiary/aromatic N) is 5. The minimum Gasteiger partial charge on any atom is -0.309 e. The van der Waals surface area contributed by atoms with Gasteiger partial charge in [0.1, 0.15) is 0 Å². The number of rotatable bonds is 7. The van der Waals surface area contributed by atoms with Gasteiger partial charge >= 0.3 is 0 Å². The Balaban J connectivity index is 0.802. The molecule has 1 unspecified atom stereocenters. The van der Waals surface area contributed by atoms with Crippen LogP contribution in [0.4, 0.5) is 0 Å². The van der Waals surface area contributed by atoms with Gasteiger partial charge in [-0.3, -0.25) is 4.57 Å². The Morgan fingerprint density at radius 3 is 1.49 bits per heavy atom. The van der Waals surface area contributed by atoms with Gasteiger partial charge in [-0.05, 0) is 132 Å². The van der Waals surface area contributed by atoms with Crippen LogP contribution in [0, 0.1) is 0 Å². The van der Waals surface area contributed by atoms with E-state index in [1.165, 1.54) is 110 Å². The van der Waals surface area contributed by atoms with E-state index >= 15 is 0 Å². The Bertz CT molecular complexity index is 6210. The normalized spacial score (nSPS) is 13.8. The van der Waals surface area contributed by atoms with Crippen molar-refractivity contribution in [3.8, 4) is 51.0 Å². The molecular formula is C82H49N5S3. The van der Waals surface area contributed by atoms with E-state index in [4.69, 9.17) is 9.97 Å². The van der Waals surface area contributed by atoms with Crippen LogP contribution in [-0.4, -0.2) is 23.7 Å². The van der Waals surface area contributed by atoms with Crippen molar-refractivity contribution in [1.82, 2.24) is 23.7 Å². The third-order valence-electron chi connectivity index (χ3n) is 19.0. The smallest absolute Gasteiger partial charge is 0.235 e. The number of para-hydroxylation sites is 3. The van der Waals surface area contributed by atoms with Gasteiger partial charge < -0.3 is 9.13 Å². The first-order valence-corrected chi connectivity index (χ1v) is 33.2. The summed E-state index contributed by atoms with van der Waals surface area (Å²) >= 11 is 5.56. The number of hydrogen-bond donors (Lipinski definition) is 0. The minimum absolute atomic E-state index is 0.356. The predicted molar refractivity (Wildman–Crippen MR) is 386 cm³/mol. The quantitative estimate of drug-likeness (QED) is 0.160. The van der Waals surface area contributed by atoms with Gasteiger partial charge in [0.25, 0.3) is 0 Å². The van der Waals surface area contributed by atoms with Gasteiger partial charge in [0.2, 0.25) is 5.95 Å². The molecule has 0 aliphatic heterocycles.